The van der Waals surface area contributed by atoms with E-state index in [4.69, 9.17) is 28.4 Å². The van der Waals surface area contributed by atoms with Gasteiger partial charge in [0.1, 0.15) is 73.2 Å². The first kappa shape index (κ1) is 64.6. The van der Waals surface area contributed by atoms with Crippen LogP contribution in [-0.4, -0.2) is 193 Å². The van der Waals surface area contributed by atoms with Crippen LogP contribution in [0.4, 0.5) is 0 Å². The van der Waals surface area contributed by atoms with Crippen molar-refractivity contribution in [2.75, 3.05) is 26.4 Å². The van der Waals surface area contributed by atoms with Gasteiger partial charge in [-0.3, -0.25) is 4.79 Å². The molecule has 17 unspecified atom stereocenters. The highest BCUT2D eigenvalue weighted by Gasteiger charge is 2.53. The number of allylic oxidation sites excluding steroid dienone is 4. The average Bonchev–Trinajstić information content (AvgIpc) is 3.37. The zero-order valence-corrected chi connectivity index (χ0v) is 43.4. The second-order valence-electron chi connectivity index (χ2n) is 20.0. The zero-order valence-electron chi connectivity index (χ0n) is 43.4. The molecule has 0 radical (unpaired) electrons. The Kier molecular flexibility index (Phi) is 34.0. The summed E-state index contributed by atoms with van der Waals surface area (Å²) in [5, 5.41) is 120. The van der Waals surface area contributed by atoms with Gasteiger partial charge in [-0.05, 0) is 38.5 Å². The Balaban J connectivity index is 1.54. The van der Waals surface area contributed by atoms with Crippen molar-refractivity contribution in [1.82, 2.24) is 5.32 Å². The number of amides is 1. The summed E-state index contributed by atoms with van der Waals surface area (Å²) in [6.07, 6.45) is 8.43. The molecule has 0 aliphatic carbocycles. The van der Waals surface area contributed by atoms with Gasteiger partial charge in [0.25, 0.3) is 0 Å². The van der Waals surface area contributed by atoms with Gasteiger partial charge < -0.3 is 89.9 Å². The zero-order chi connectivity index (χ0) is 52.7. The molecule has 3 aliphatic heterocycles. The highest BCUT2D eigenvalue weighted by atomic mass is 16.8. The number of hydrogen-bond donors (Lipinski definition) is 12. The highest BCUT2D eigenvalue weighted by Crippen LogP contribution is 2.33. The molecule has 0 aromatic rings. The Bertz CT molecular complexity index is 1430. The first-order valence-corrected chi connectivity index (χ1v) is 27.6. The van der Waals surface area contributed by atoms with Crippen LogP contribution in [0, 0.1) is 0 Å². The van der Waals surface area contributed by atoms with E-state index in [1.807, 2.05) is 0 Å². The van der Waals surface area contributed by atoms with Gasteiger partial charge in [-0.1, -0.05) is 154 Å². The number of ether oxygens (including phenoxy) is 6. The number of rotatable bonds is 39. The lowest BCUT2D eigenvalue weighted by Crippen LogP contribution is -2.66. The minimum absolute atomic E-state index is 0.251. The summed E-state index contributed by atoms with van der Waals surface area (Å²) >= 11 is 0. The van der Waals surface area contributed by atoms with Gasteiger partial charge in [-0.15, -0.1) is 0 Å². The van der Waals surface area contributed by atoms with Crippen molar-refractivity contribution in [3.8, 4) is 0 Å². The molecule has 0 saturated carbocycles. The van der Waals surface area contributed by atoms with Crippen molar-refractivity contribution in [1.29, 1.82) is 0 Å². The minimum Gasteiger partial charge on any atom is -0.394 e. The summed E-state index contributed by atoms with van der Waals surface area (Å²) in [6, 6.07) is -0.890. The molecular weight excluding hydrogens is 939 g/mol. The standard InChI is InChI=1S/C53H97NO18/c1-3-5-7-9-11-13-15-17-19-21-23-25-27-29-31-41(59)54-36(37(58)30-28-26-24-22-20-18-16-14-12-10-8-6-4-2)35-67-51-47(65)44(62)49(39(33-56)69-51)72-53-48(66)45(63)50(40(34-57)70-53)71-52-46(64)43(61)42(60)38(32-55)68-52/h9,11,15,17,36-40,42-53,55-58,60-66H,3-8,10,12-14,16,18-35H2,1-2H3,(H,54,59)/b11-9-,17-15-. The van der Waals surface area contributed by atoms with Crippen molar-refractivity contribution < 1.29 is 89.4 Å². The lowest BCUT2D eigenvalue weighted by molar-refractivity contribution is -0.379. The van der Waals surface area contributed by atoms with E-state index in [-0.39, 0.29) is 18.9 Å². The van der Waals surface area contributed by atoms with Crippen LogP contribution >= 0.6 is 0 Å². The van der Waals surface area contributed by atoms with E-state index in [1.165, 1.54) is 70.6 Å². The molecule has 17 atom stereocenters. The van der Waals surface area contributed by atoms with Crippen LogP contribution in [0.2, 0.25) is 0 Å². The van der Waals surface area contributed by atoms with Crippen molar-refractivity contribution in [3.05, 3.63) is 24.3 Å². The summed E-state index contributed by atoms with van der Waals surface area (Å²) in [5.74, 6) is -0.259. The summed E-state index contributed by atoms with van der Waals surface area (Å²) in [5.41, 5.74) is 0. The summed E-state index contributed by atoms with van der Waals surface area (Å²) in [6.45, 7) is 1.70. The fourth-order valence-electron chi connectivity index (χ4n) is 9.39. The molecule has 0 aromatic heterocycles. The molecule has 3 aliphatic rings. The topological polar surface area (TPSA) is 307 Å². The van der Waals surface area contributed by atoms with Gasteiger partial charge in [0.15, 0.2) is 18.9 Å². The van der Waals surface area contributed by atoms with Crippen molar-refractivity contribution >= 4 is 5.91 Å². The van der Waals surface area contributed by atoms with Crippen LogP contribution in [0.5, 0.6) is 0 Å². The molecule has 0 bridgehead atoms. The Morgan fingerprint density at radius 3 is 1.46 bits per heavy atom. The summed E-state index contributed by atoms with van der Waals surface area (Å²) < 4.78 is 34.2. The predicted octanol–water partition coefficient (Wildman–Crippen LogP) is 3.20. The molecule has 19 heteroatoms. The van der Waals surface area contributed by atoms with Gasteiger partial charge >= 0.3 is 0 Å². The van der Waals surface area contributed by atoms with Gasteiger partial charge in [0.2, 0.25) is 5.91 Å². The van der Waals surface area contributed by atoms with E-state index in [0.29, 0.717) is 12.8 Å². The minimum atomic E-state index is -1.97. The van der Waals surface area contributed by atoms with Crippen LogP contribution < -0.4 is 5.32 Å². The largest absolute Gasteiger partial charge is 0.394 e. The third kappa shape index (κ3) is 22.9. The predicted molar refractivity (Wildman–Crippen MR) is 268 cm³/mol. The number of aliphatic hydroxyl groups excluding tert-OH is 11. The molecule has 19 nitrogen and oxygen atoms in total. The van der Waals surface area contributed by atoms with Crippen LogP contribution in [-0.2, 0) is 33.2 Å². The van der Waals surface area contributed by atoms with Gasteiger partial charge in [0.05, 0.1) is 38.6 Å². The van der Waals surface area contributed by atoms with E-state index in [0.717, 1.165) is 70.6 Å². The molecule has 72 heavy (non-hydrogen) atoms. The molecule has 12 N–H and O–H groups in total. The first-order valence-electron chi connectivity index (χ1n) is 27.6. The number of unbranched alkanes of at least 4 members (excludes halogenated alkanes) is 19. The van der Waals surface area contributed by atoms with Crippen molar-refractivity contribution in [3.63, 3.8) is 0 Å². The number of aliphatic hydroxyl groups is 11. The smallest absolute Gasteiger partial charge is 0.220 e. The number of nitrogens with one attached hydrogen (secondary N) is 1. The fourth-order valence-corrected chi connectivity index (χ4v) is 9.39. The number of hydrogen-bond acceptors (Lipinski definition) is 18. The van der Waals surface area contributed by atoms with E-state index in [1.54, 1.807) is 0 Å². The normalized spacial score (nSPS) is 32.2. The summed E-state index contributed by atoms with van der Waals surface area (Å²) in [7, 11) is 0. The first-order chi connectivity index (χ1) is 34.8. The molecule has 0 aromatic carbocycles. The third-order valence-electron chi connectivity index (χ3n) is 14.0. The maximum Gasteiger partial charge on any atom is 0.220 e. The molecule has 422 valence electrons. The van der Waals surface area contributed by atoms with Crippen molar-refractivity contribution in [2.45, 2.75) is 279 Å². The third-order valence-corrected chi connectivity index (χ3v) is 14.0. The maximum absolute atomic E-state index is 13.3. The number of carbonyl (C=O) groups is 1. The summed E-state index contributed by atoms with van der Waals surface area (Å²) in [4.78, 5) is 13.3. The van der Waals surface area contributed by atoms with E-state index in [9.17, 15) is 61.0 Å². The molecular formula is C53H97NO18. The fraction of sp³-hybridized carbons (Fsp3) is 0.906. The second kappa shape index (κ2) is 37.9. The van der Waals surface area contributed by atoms with E-state index < -0.39 is 124 Å². The van der Waals surface area contributed by atoms with Crippen LogP contribution in [0.25, 0.3) is 0 Å². The Morgan fingerprint density at radius 1 is 0.500 bits per heavy atom. The Hall–Kier alpha value is -1.73. The van der Waals surface area contributed by atoms with Crippen LogP contribution in [0.1, 0.15) is 174 Å². The lowest BCUT2D eigenvalue weighted by Gasteiger charge is -2.48. The highest BCUT2D eigenvalue weighted by molar-refractivity contribution is 5.76. The Labute approximate surface area is 428 Å². The maximum atomic E-state index is 13.3. The molecule has 3 rings (SSSR count). The molecule has 3 saturated heterocycles. The molecule has 0 spiro atoms. The lowest BCUT2D eigenvalue weighted by atomic mass is 9.96. The molecule has 3 fully saturated rings. The molecule has 3 heterocycles. The number of carbonyl (C=O) groups excluding carboxylic acids is 1. The van der Waals surface area contributed by atoms with Gasteiger partial charge in [0, 0.05) is 6.42 Å². The van der Waals surface area contributed by atoms with E-state index in [2.05, 4.69) is 43.5 Å². The average molecular weight is 1040 g/mol. The van der Waals surface area contributed by atoms with Crippen LogP contribution in [0.15, 0.2) is 24.3 Å². The van der Waals surface area contributed by atoms with Gasteiger partial charge in [-0.2, -0.15) is 0 Å². The Morgan fingerprint density at radius 2 is 0.931 bits per heavy atom. The van der Waals surface area contributed by atoms with Crippen LogP contribution in [0.3, 0.4) is 0 Å². The van der Waals surface area contributed by atoms with E-state index >= 15 is 0 Å². The second-order valence-corrected chi connectivity index (χ2v) is 20.0. The quantitative estimate of drug-likeness (QED) is 0.0311. The van der Waals surface area contributed by atoms with Crippen molar-refractivity contribution in [2.24, 2.45) is 0 Å². The monoisotopic (exact) mass is 1040 g/mol. The van der Waals surface area contributed by atoms with Gasteiger partial charge in [-0.25, -0.2) is 0 Å². The molecule has 1 amide bonds. The SMILES string of the molecule is CCCC/C=C\C/C=C\CCCCCCCC(=O)NC(COC1OC(CO)C(OC2OC(CO)C(OC3OC(CO)C(O)C(O)C3O)C(O)C2O)C(O)C1O)C(O)CCCCCCCCCCCCCCC.